The largest absolute Gasteiger partial charge is 0.355 e. The molecule has 0 spiro atoms. The van der Waals surface area contributed by atoms with E-state index in [2.05, 4.69) is 39.4 Å². The van der Waals surface area contributed by atoms with Crippen LogP contribution in [-0.2, 0) is 10.0 Å². The van der Waals surface area contributed by atoms with E-state index >= 15 is 0 Å². The molecular weight excluding hydrogens is 380 g/mol. The lowest BCUT2D eigenvalue weighted by Crippen LogP contribution is -2.43. The molecule has 8 heteroatoms. The molecule has 2 aromatic carbocycles. The van der Waals surface area contributed by atoms with Crippen LogP contribution in [-0.4, -0.2) is 46.3 Å². The van der Waals surface area contributed by atoms with Gasteiger partial charge in [-0.15, -0.1) is 11.8 Å². The Balaban J connectivity index is 1.69. The molecule has 2 rings (SSSR count). The molecule has 0 aromatic heterocycles. The molecule has 0 aliphatic rings. The number of nitrogens with one attached hydrogen (secondary N) is 3. The Morgan fingerprint density at radius 2 is 1.63 bits per heavy atom. The quantitative estimate of drug-likeness (QED) is 0.258. The Morgan fingerprint density at radius 1 is 1.00 bits per heavy atom. The van der Waals surface area contributed by atoms with Crippen molar-refractivity contribution in [2.24, 2.45) is 4.99 Å². The zero-order valence-corrected chi connectivity index (χ0v) is 17.2. The van der Waals surface area contributed by atoms with Crippen LogP contribution in [0.2, 0.25) is 0 Å². The van der Waals surface area contributed by atoms with Gasteiger partial charge in [0.1, 0.15) is 0 Å². The number of guanidine groups is 1. The SMILES string of the molecule is CN=C(NCCNS(=O)(=O)c1ccccc1)NCC(C)Sc1ccccc1. The summed E-state index contributed by atoms with van der Waals surface area (Å²) in [5, 5.41) is 6.74. The maximum atomic E-state index is 12.1. The highest BCUT2D eigenvalue weighted by atomic mass is 32.2. The molecular formula is C19H26N4O2S2. The lowest BCUT2D eigenvalue weighted by atomic mass is 10.4. The number of hydrogen-bond acceptors (Lipinski definition) is 4. The Bertz CT molecular complexity index is 812. The van der Waals surface area contributed by atoms with Gasteiger partial charge in [0, 0.05) is 36.8 Å². The van der Waals surface area contributed by atoms with Gasteiger partial charge >= 0.3 is 0 Å². The maximum absolute atomic E-state index is 12.1. The Kier molecular flexibility index (Phi) is 8.63. The summed E-state index contributed by atoms with van der Waals surface area (Å²) in [6, 6.07) is 18.6. The molecule has 1 unspecified atom stereocenters. The smallest absolute Gasteiger partial charge is 0.240 e. The maximum Gasteiger partial charge on any atom is 0.240 e. The fraction of sp³-hybridized carbons (Fsp3) is 0.316. The molecule has 1 atom stereocenters. The van der Waals surface area contributed by atoms with Crippen LogP contribution in [0.25, 0.3) is 0 Å². The molecule has 0 saturated carbocycles. The summed E-state index contributed by atoms with van der Waals surface area (Å²) in [6.07, 6.45) is 0. The molecule has 0 saturated heterocycles. The number of sulfonamides is 1. The summed E-state index contributed by atoms with van der Waals surface area (Å²) < 4.78 is 26.9. The van der Waals surface area contributed by atoms with Gasteiger partial charge in [0.05, 0.1) is 4.90 Å². The molecule has 0 fully saturated rings. The van der Waals surface area contributed by atoms with E-state index in [1.165, 1.54) is 4.90 Å². The summed E-state index contributed by atoms with van der Waals surface area (Å²) >= 11 is 1.79. The number of benzene rings is 2. The average Bonchev–Trinajstić information content (AvgIpc) is 2.69. The number of aliphatic imine (C=N–C) groups is 1. The molecule has 0 aliphatic carbocycles. The van der Waals surface area contributed by atoms with Crippen LogP contribution in [0.1, 0.15) is 6.92 Å². The number of rotatable bonds is 9. The molecule has 6 nitrogen and oxygen atoms in total. The highest BCUT2D eigenvalue weighted by molar-refractivity contribution is 8.00. The van der Waals surface area contributed by atoms with E-state index in [9.17, 15) is 8.42 Å². The van der Waals surface area contributed by atoms with Crippen molar-refractivity contribution in [1.29, 1.82) is 0 Å². The van der Waals surface area contributed by atoms with Crippen molar-refractivity contribution in [3.63, 3.8) is 0 Å². The highest BCUT2D eigenvalue weighted by Gasteiger charge is 2.12. The molecule has 2 aromatic rings. The third-order valence-corrected chi connectivity index (χ3v) is 6.21. The average molecular weight is 407 g/mol. The summed E-state index contributed by atoms with van der Waals surface area (Å²) in [6.45, 7) is 3.60. The fourth-order valence-corrected chi connectivity index (χ4v) is 4.28. The first-order chi connectivity index (χ1) is 13.0. The predicted molar refractivity (Wildman–Crippen MR) is 113 cm³/mol. The Morgan fingerprint density at radius 3 is 2.26 bits per heavy atom. The first-order valence-corrected chi connectivity index (χ1v) is 11.1. The van der Waals surface area contributed by atoms with Crippen molar-refractivity contribution in [3.05, 3.63) is 60.7 Å². The fourth-order valence-electron chi connectivity index (χ4n) is 2.28. The van der Waals surface area contributed by atoms with Gasteiger partial charge in [-0.3, -0.25) is 4.99 Å². The second-order valence-electron chi connectivity index (χ2n) is 5.83. The van der Waals surface area contributed by atoms with Crippen LogP contribution >= 0.6 is 11.8 Å². The van der Waals surface area contributed by atoms with Gasteiger partial charge < -0.3 is 10.6 Å². The minimum Gasteiger partial charge on any atom is -0.355 e. The van der Waals surface area contributed by atoms with Crippen LogP contribution < -0.4 is 15.4 Å². The van der Waals surface area contributed by atoms with Crippen LogP contribution in [0.5, 0.6) is 0 Å². The summed E-state index contributed by atoms with van der Waals surface area (Å²) in [5.41, 5.74) is 0. The molecule has 0 heterocycles. The second-order valence-corrected chi connectivity index (χ2v) is 9.11. The van der Waals surface area contributed by atoms with Crippen molar-refractivity contribution in [3.8, 4) is 0 Å². The third kappa shape index (κ3) is 7.62. The third-order valence-electron chi connectivity index (χ3n) is 3.62. The van der Waals surface area contributed by atoms with Crippen molar-refractivity contribution in [2.75, 3.05) is 26.7 Å². The zero-order valence-electron chi connectivity index (χ0n) is 15.6. The summed E-state index contributed by atoms with van der Waals surface area (Å²) in [7, 11) is -1.79. The topological polar surface area (TPSA) is 82.6 Å². The van der Waals surface area contributed by atoms with Gasteiger partial charge in [-0.25, -0.2) is 13.1 Å². The molecule has 0 aliphatic heterocycles. The van der Waals surface area contributed by atoms with E-state index in [1.807, 2.05) is 18.2 Å². The van der Waals surface area contributed by atoms with E-state index in [0.29, 0.717) is 17.8 Å². The molecule has 27 heavy (non-hydrogen) atoms. The number of hydrogen-bond donors (Lipinski definition) is 3. The zero-order chi connectivity index (χ0) is 19.5. The Labute approximate surface area is 165 Å². The molecule has 0 radical (unpaired) electrons. The monoisotopic (exact) mass is 406 g/mol. The molecule has 3 N–H and O–H groups in total. The van der Waals surface area contributed by atoms with E-state index in [0.717, 1.165) is 6.54 Å². The van der Waals surface area contributed by atoms with Crippen molar-refractivity contribution in [1.82, 2.24) is 15.4 Å². The summed E-state index contributed by atoms with van der Waals surface area (Å²) in [5.74, 6) is 0.648. The van der Waals surface area contributed by atoms with Gasteiger partial charge in [-0.05, 0) is 24.3 Å². The Hall–Kier alpha value is -2.03. The van der Waals surface area contributed by atoms with E-state index in [-0.39, 0.29) is 11.4 Å². The van der Waals surface area contributed by atoms with Crippen molar-refractivity contribution in [2.45, 2.75) is 22.0 Å². The van der Waals surface area contributed by atoms with E-state index in [4.69, 9.17) is 0 Å². The van der Waals surface area contributed by atoms with Crippen LogP contribution in [0.4, 0.5) is 0 Å². The van der Waals surface area contributed by atoms with Crippen molar-refractivity contribution >= 4 is 27.7 Å². The van der Waals surface area contributed by atoms with Gasteiger partial charge in [0.25, 0.3) is 0 Å². The van der Waals surface area contributed by atoms with E-state index < -0.39 is 10.0 Å². The van der Waals surface area contributed by atoms with Gasteiger partial charge in [-0.2, -0.15) is 0 Å². The minimum absolute atomic E-state index is 0.263. The minimum atomic E-state index is -3.48. The molecule has 146 valence electrons. The van der Waals surface area contributed by atoms with Gasteiger partial charge in [-0.1, -0.05) is 43.3 Å². The van der Waals surface area contributed by atoms with Crippen molar-refractivity contribution < 1.29 is 8.42 Å². The number of thioether (sulfide) groups is 1. The number of nitrogens with zero attached hydrogens (tertiary/aromatic N) is 1. The van der Waals surface area contributed by atoms with Crippen LogP contribution in [0.15, 0.2) is 75.4 Å². The van der Waals surface area contributed by atoms with Crippen LogP contribution in [0.3, 0.4) is 0 Å². The summed E-state index contributed by atoms with van der Waals surface area (Å²) in [4.78, 5) is 5.66. The lowest BCUT2D eigenvalue weighted by Gasteiger charge is -2.16. The van der Waals surface area contributed by atoms with Gasteiger partial charge in [0.2, 0.25) is 10.0 Å². The molecule has 0 bridgehead atoms. The standard InChI is InChI=1S/C19H26N4O2S2/c1-16(26-17-9-5-3-6-10-17)15-22-19(20-2)21-13-14-23-27(24,25)18-11-7-4-8-12-18/h3-12,16,23H,13-15H2,1-2H3,(H2,20,21,22). The van der Waals surface area contributed by atoms with E-state index in [1.54, 1.807) is 49.1 Å². The first kappa shape index (κ1) is 21.3. The highest BCUT2D eigenvalue weighted by Crippen LogP contribution is 2.21. The predicted octanol–water partition coefficient (Wildman–Crippen LogP) is 2.31. The normalized spacial score (nSPS) is 13.2. The first-order valence-electron chi connectivity index (χ1n) is 8.72. The lowest BCUT2D eigenvalue weighted by molar-refractivity contribution is 0.580. The molecule has 0 amide bonds. The second kappa shape index (κ2) is 11.0. The van der Waals surface area contributed by atoms with Gasteiger partial charge in [0.15, 0.2) is 5.96 Å². The van der Waals surface area contributed by atoms with Crippen LogP contribution in [0, 0.1) is 0 Å².